The van der Waals surface area contributed by atoms with Gasteiger partial charge in [0.1, 0.15) is 5.82 Å². The fraction of sp³-hybridized carbons (Fsp3) is 0.706. The van der Waals surface area contributed by atoms with E-state index in [4.69, 9.17) is 16.6 Å². The van der Waals surface area contributed by atoms with Crippen molar-refractivity contribution in [3.05, 3.63) is 23.4 Å². The average Bonchev–Trinajstić information content (AvgIpc) is 2.94. The zero-order valence-corrected chi connectivity index (χ0v) is 13.8. The van der Waals surface area contributed by atoms with Crippen molar-refractivity contribution in [3.8, 4) is 0 Å². The standard InChI is InChI=1S/C17H27ClN2/c1-13(2)8-9-20(16-6-4-5-7-16)17-14(3)10-15(11-18)12-19-17/h10,12-13,16H,4-9,11H2,1-3H3. The van der Waals surface area contributed by atoms with E-state index in [-0.39, 0.29) is 0 Å². The van der Waals surface area contributed by atoms with Crippen LogP contribution in [0.2, 0.25) is 0 Å². The summed E-state index contributed by atoms with van der Waals surface area (Å²) in [6.07, 6.45) is 8.53. The average molecular weight is 295 g/mol. The van der Waals surface area contributed by atoms with E-state index in [9.17, 15) is 0 Å². The molecule has 1 aliphatic rings. The minimum atomic E-state index is 0.545. The summed E-state index contributed by atoms with van der Waals surface area (Å²) in [5, 5.41) is 0. The van der Waals surface area contributed by atoms with E-state index in [1.807, 2.05) is 6.20 Å². The molecule has 1 fully saturated rings. The highest BCUT2D eigenvalue weighted by Gasteiger charge is 2.24. The van der Waals surface area contributed by atoms with Crippen LogP contribution in [0.4, 0.5) is 5.82 Å². The minimum Gasteiger partial charge on any atom is -0.353 e. The van der Waals surface area contributed by atoms with Crippen molar-refractivity contribution in [3.63, 3.8) is 0 Å². The van der Waals surface area contributed by atoms with Gasteiger partial charge in [-0.05, 0) is 49.3 Å². The van der Waals surface area contributed by atoms with Gasteiger partial charge in [0.25, 0.3) is 0 Å². The quantitative estimate of drug-likeness (QED) is 0.692. The SMILES string of the molecule is Cc1cc(CCl)cnc1N(CCC(C)C)C1CCCC1. The lowest BCUT2D eigenvalue weighted by molar-refractivity contribution is 0.524. The molecule has 3 heteroatoms. The molecule has 0 atom stereocenters. The second-order valence-corrected chi connectivity index (χ2v) is 6.70. The zero-order chi connectivity index (χ0) is 14.5. The fourth-order valence-corrected chi connectivity index (χ4v) is 3.22. The predicted molar refractivity (Wildman–Crippen MR) is 87.6 cm³/mol. The van der Waals surface area contributed by atoms with Gasteiger partial charge in [-0.25, -0.2) is 4.98 Å². The Morgan fingerprint density at radius 1 is 1.35 bits per heavy atom. The van der Waals surface area contributed by atoms with Crippen LogP contribution in [0.15, 0.2) is 12.3 Å². The summed E-state index contributed by atoms with van der Waals surface area (Å²) in [5.41, 5.74) is 2.38. The zero-order valence-electron chi connectivity index (χ0n) is 13.0. The lowest BCUT2D eigenvalue weighted by atomic mass is 10.1. The molecule has 0 amide bonds. The molecule has 1 saturated carbocycles. The van der Waals surface area contributed by atoms with Gasteiger partial charge in [0.05, 0.1) is 0 Å². The summed E-state index contributed by atoms with van der Waals surface area (Å²) in [6, 6.07) is 2.87. The Morgan fingerprint density at radius 3 is 2.60 bits per heavy atom. The second-order valence-electron chi connectivity index (χ2n) is 6.43. The van der Waals surface area contributed by atoms with Crippen molar-refractivity contribution in [2.75, 3.05) is 11.4 Å². The normalized spacial score (nSPS) is 16.1. The van der Waals surface area contributed by atoms with Crippen molar-refractivity contribution in [2.24, 2.45) is 5.92 Å². The highest BCUT2D eigenvalue weighted by molar-refractivity contribution is 6.17. The molecule has 2 rings (SSSR count). The Hall–Kier alpha value is -0.760. The first kappa shape index (κ1) is 15.6. The van der Waals surface area contributed by atoms with Crippen LogP contribution < -0.4 is 4.90 Å². The Kier molecular flexibility index (Phi) is 5.71. The van der Waals surface area contributed by atoms with Gasteiger partial charge in [-0.3, -0.25) is 0 Å². The highest BCUT2D eigenvalue weighted by Crippen LogP contribution is 2.30. The van der Waals surface area contributed by atoms with Gasteiger partial charge in [0.15, 0.2) is 0 Å². The third-order valence-corrected chi connectivity index (χ3v) is 4.56. The van der Waals surface area contributed by atoms with Crippen LogP contribution in [0, 0.1) is 12.8 Å². The first-order valence-corrected chi connectivity index (χ1v) is 8.43. The molecular weight excluding hydrogens is 268 g/mol. The van der Waals surface area contributed by atoms with E-state index in [2.05, 4.69) is 31.7 Å². The van der Waals surface area contributed by atoms with Crippen molar-refractivity contribution in [2.45, 2.75) is 64.8 Å². The molecule has 1 heterocycles. The Labute approximate surface area is 128 Å². The number of rotatable bonds is 6. The summed E-state index contributed by atoms with van der Waals surface area (Å²) in [7, 11) is 0. The van der Waals surface area contributed by atoms with Crippen molar-refractivity contribution >= 4 is 17.4 Å². The lowest BCUT2D eigenvalue weighted by Gasteiger charge is -2.32. The molecule has 0 aliphatic heterocycles. The first-order chi connectivity index (χ1) is 9.61. The largest absolute Gasteiger partial charge is 0.353 e. The number of aromatic nitrogens is 1. The highest BCUT2D eigenvalue weighted by atomic mass is 35.5. The molecule has 1 aromatic heterocycles. The maximum Gasteiger partial charge on any atom is 0.131 e. The maximum absolute atomic E-state index is 5.91. The number of hydrogen-bond acceptors (Lipinski definition) is 2. The second kappa shape index (κ2) is 7.31. The predicted octanol–water partition coefficient (Wildman–Crippen LogP) is 4.92. The van der Waals surface area contributed by atoms with Gasteiger partial charge in [0, 0.05) is 24.7 Å². The molecule has 0 radical (unpaired) electrons. The van der Waals surface area contributed by atoms with Crippen molar-refractivity contribution in [1.82, 2.24) is 4.98 Å². The molecule has 0 N–H and O–H groups in total. The molecule has 1 aliphatic carbocycles. The minimum absolute atomic E-state index is 0.545. The molecule has 0 saturated heterocycles. The van der Waals surface area contributed by atoms with Crippen LogP contribution in [-0.4, -0.2) is 17.6 Å². The summed E-state index contributed by atoms with van der Waals surface area (Å²) in [5.74, 6) is 2.46. The van der Waals surface area contributed by atoms with Crippen molar-refractivity contribution in [1.29, 1.82) is 0 Å². The molecule has 112 valence electrons. The maximum atomic E-state index is 5.91. The molecular formula is C17H27ClN2. The number of alkyl halides is 1. The molecule has 20 heavy (non-hydrogen) atoms. The smallest absolute Gasteiger partial charge is 0.131 e. The Morgan fingerprint density at radius 2 is 2.05 bits per heavy atom. The van der Waals surface area contributed by atoms with Gasteiger partial charge in [-0.15, -0.1) is 11.6 Å². The third-order valence-electron chi connectivity index (χ3n) is 4.25. The van der Waals surface area contributed by atoms with Crippen LogP contribution >= 0.6 is 11.6 Å². The number of halogens is 1. The Balaban J connectivity index is 2.20. The van der Waals surface area contributed by atoms with E-state index in [1.165, 1.54) is 43.5 Å². The van der Waals surface area contributed by atoms with E-state index in [1.54, 1.807) is 0 Å². The van der Waals surface area contributed by atoms with E-state index >= 15 is 0 Å². The topological polar surface area (TPSA) is 16.1 Å². The van der Waals surface area contributed by atoms with Crippen LogP contribution in [0.1, 0.15) is 57.1 Å². The van der Waals surface area contributed by atoms with Crippen LogP contribution in [-0.2, 0) is 5.88 Å². The van der Waals surface area contributed by atoms with Crippen LogP contribution in [0.5, 0.6) is 0 Å². The molecule has 1 aromatic rings. The number of aryl methyl sites for hydroxylation is 1. The van der Waals surface area contributed by atoms with Crippen LogP contribution in [0.25, 0.3) is 0 Å². The van der Waals surface area contributed by atoms with E-state index in [0.29, 0.717) is 11.9 Å². The molecule has 0 unspecified atom stereocenters. The van der Waals surface area contributed by atoms with E-state index < -0.39 is 0 Å². The molecule has 2 nitrogen and oxygen atoms in total. The monoisotopic (exact) mass is 294 g/mol. The van der Waals surface area contributed by atoms with Gasteiger partial charge in [-0.1, -0.05) is 26.7 Å². The molecule has 0 bridgehead atoms. The first-order valence-electron chi connectivity index (χ1n) is 7.90. The Bertz CT molecular complexity index is 425. The number of anilines is 1. The number of hydrogen-bond donors (Lipinski definition) is 0. The van der Waals surface area contributed by atoms with E-state index in [0.717, 1.165) is 18.0 Å². The van der Waals surface area contributed by atoms with Gasteiger partial charge in [-0.2, -0.15) is 0 Å². The number of nitrogens with zero attached hydrogens (tertiary/aromatic N) is 2. The summed E-state index contributed by atoms with van der Waals surface area (Å²) < 4.78 is 0. The van der Waals surface area contributed by atoms with Gasteiger partial charge >= 0.3 is 0 Å². The molecule has 0 aromatic carbocycles. The van der Waals surface area contributed by atoms with Gasteiger partial charge < -0.3 is 4.90 Å². The fourth-order valence-electron chi connectivity index (χ4n) is 3.07. The van der Waals surface area contributed by atoms with Crippen LogP contribution in [0.3, 0.4) is 0 Å². The third kappa shape index (κ3) is 3.88. The lowest BCUT2D eigenvalue weighted by Crippen LogP contribution is -2.36. The number of pyridine rings is 1. The molecule has 0 spiro atoms. The summed E-state index contributed by atoms with van der Waals surface area (Å²) in [6.45, 7) is 7.87. The van der Waals surface area contributed by atoms with Gasteiger partial charge in [0.2, 0.25) is 0 Å². The van der Waals surface area contributed by atoms with Crippen molar-refractivity contribution < 1.29 is 0 Å². The summed E-state index contributed by atoms with van der Waals surface area (Å²) in [4.78, 5) is 7.27. The summed E-state index contributed by atoms with van der Waals surface area (Å²) >= 11 is 5.91.